The standard InChI is InChI=1S/C72H137NO5/c1-3-5-7-9-11-13-15-17-19-20-21-31-34-37-40-44-48-52-56-60-64-70(75)69(68-74)73-71(76)65-61-57-53-49-45-41-38-35-32-29-27-25-23-22-24-26-28-30-33-36-39-43-47-51-55-59-63-67-78-72(77)66-62-58-54-50-46-42-18-16-14-12-10-8-6-4-2/h22-23,26,28,60,64,69-70,74-75H,3-21,24-25,27,29-59,61-63,65-68H2,1-2H3,(H,73,76)/b23-22-,28-26-,64-60+. The number of carbonyl (C=O) groups is 2. The van der Waals surface area contributed by atoms with Gasteiger partial charge in [-0.05, 0) is 64.2 Å². The number of ether oxygens (including phenoxy) is 1. The highest BCUT2D eigenvalue weighted by molar-refractivity contribution is 5.76. The largest absolute Gasteiger partial charge is 0.466 e. The molecule has 0 aromatic heterocycles. The Morgan fingerprint density at radius 1 is 0.359 bits per heavy atom. The van der Waals surface area contributed by atoms with Crippen molar-refractivity contribution in [1.29, 1.82) is 0 Å². The van der Waals surface area contributed by atoms with Crippen LogP contribution in [0.15, 0.2) is 36.5 Å². The van der Waals surface area contributed by atoms with Crippen molar-refractivity contribution in [2.45, 2.75) is 398 Å². The smallest absolute Gasteiger partial charge is 0.305 e. The minimum absolute atomic E-state index is 0.0130. The van der Waals surface area contributed by atoms with Gasteiger partial charge in [-0.15, -0.1) is 0 Å². The molecule has 0 saturated heterocycles. The van der Waals surface area contributed by atoms with Gasteiger partial charge in [-0.2, -0.15) is 0 Å². The normalized spacial score (nSPS) is 12.7. The van der Waals surface area contributed by atoms with Crippen LogP contribution in [0.2, 0.25) is 0 Å². The average Bonchev–Trinajstić information content (AvgIpc) is 3.44. The molecule has 0 aliphatic rings. The molecule has 6 nitrogen and oxygen atoms in total. The van der Waals surface area contributed by atoms with Crippen LogP contribution < -0.4 is 5.32 Å². The summed E-state index contributed by atoms with van der Waals surface area (Å²) in [7, 11) is 0. The molecule has 0 aromatic carbocycles. The molecule has 0 aromatic rings. The third-order valence-corrected chi connectivity index (χ3v) is 16.4. The second-order valence-electron chi connectivity index (χ2n) is 24.2. The van der Waals surface area contributed by atoms with Gasteiger partial charge in [0.15, 0.2) is 0 Å². The number of hydrogen-bond donors (Lipinski definition) is 3. The first-order chi connectivity index (χ1) is 38.5. The molecule has 0 fully saturated rings. The molecule has 3 N–H and O–H groups in total. The Morgan fingerprint density at radius 2 is 0.641 bits per heavy atom. The van der Waals surface area contributed by atoms with Gasteiger partial charge >= 0.3 is 5.97 Å². The molecule has 460 valence electrons. The lowest BCUT2D eigenvalue weighted by atomic mass is 10.0. The predicted molar refractivity (Wildman–Crippen MR) is 343 cm³/mol. The van der Waals surface area contributed by atoms with E-state index in [4.69, 9.17) is 4.74 Å². The van der Waals surface area contributed by atoms with Crippen molar-refractivity contribution in [3.63, 3.8) is 0 Å². The van der Waals surface area contributed by atoms with E-state index in [0.717, 1.165) is 44.9 Å². The molecule has 0 saturated carbocycles. The maximum Gasteiger partial charge on any atom is 0.305 e. The topological polar surface area (TPSA) is 95.9 Å². The SMILES string of the molecule is CCCCCCCCCCCCCCCCCCCC/C=C/C(O)C(CO)NC(=O)CCCCCCCCCCCCC/C=C\C/C=C\CCCCCCCCCCCOC(=O)CCCCCCCCCCCCCCCC. The summed E-state index contributed by atoms with van der Waals surface area (Å²) in [6.45, 7) is 4.94. The van der Waals surface area contributed by atoms with E-state index in [1.807, 2.05) is 6.08 Å². The van der Waals surface area contributed by atoms with Gasteiger partial charge in [0, 0.05) is 12.8 Å². The van der Waals surface area contributed by atoms with Gasteiger partial charge in [0.05, 0.1) is 25.4 Å². The fourth-order valence-corrected chi connectivity index (χ4v) is 11.0. The molecule has 2 atom stereocenters. The number of esters is 1. The lowest BCUT2D eigenvalue weighted by Gasteiger charge is -2.20. The molecule has 0 bridgehead atoms. The van der Waals surface area contributed by atoms with E-state index >= 15 is 0 Å². The summed E-state index contributed by atoms with van der Waals surface area (Å²) in [6, 6.07) is -0.631. The van der Waals surface area contributed by atoms with Crippen LogP contribution in [0.4, 0.5) is 0 Å². The molecule has 0 radical (unpaired) electrons. The van der Waals surface area contributed by atoms with Crippen molar-refractivity contribution in [3.8, 4) is 0 Å². The summed E-state index contributed by atoms with van der Waals surface area (Å²) in [5, 5.41) is 23.2. The first-order valence-corrected chi connectivity index (χ1v) is 35.3. The Labute approximate surface area is 487 Å². The average molecular weight is 1100 g/mol. The summed E-state index contributed by atoms with van der Waals surface area (Å²) >= 11 is 0. The maximum absolute atomic E-state index is 12.5. The number of unbranched alkanes of at least 4 members (excludes halogenated alkanes) is 51. The number of allylic oxidation sites excluding steroid dienone is 5. The van der Waals surface area contributed by atoms with Gasteiger partial charge in [0.1, 0.15) is 0 Å². The summed E-state index contributed by atoms with van der Waals surface area (Å²) in [6.07, 6.45) is 86.5. The molecule has 78 heavy (non-hydrogen) atoms. The number of nitrogens with one attached hydrogen (secondary N) is 1. The lowest BCUT2D eigenvalue weighted by molar-refractivity contribution is -0.143. The monoisotopic (exact) mass is 1100 g/mol. The predicted octanol–water partition coefficient (Wildman–Crippen LogP) is 22.7. The molecule has 0 aliphatic carbocycles. The van der Waals surface area contributed by atoms with Gasteiger partial charge in [0.2, 0.25) is 5.91 Å². The van der Waals surface area contributed by atoms with Crippen LogP contribution in [-0.2, 0) is 14.3 Å². The highest BCUT2D eigenvalue weighted by Crippen LogP contribution is 2.18. The number of rotatable bonds is 66. The number of aliphatic hydroxyl groups is 2. The Kier molecular flexibility index (Phi) is 65.9. The van der Waals surface area contributed by atoms with Crippen molar-refractivity contribution in [3.05, 3.63) is 36.5 Å². The van der Waals surface area contributed by atoms with Gasteiger partial charge < -0.3 is 20.3 Å². The summed E-state index contributed by atoms with van der Waals surface area (Å²) in [4.78, 5) is 24.6. The fourth-order valence-electron chi connectivity index (χ4n) is 11.0. The molecule has 0 aliphatic heterocycles. The Morgan fingerprint density at radius 3 is 0.974 bits per heavy atom. The highest BCUT2D eigenvalue weighted by Gasteiger charge is 2.18. The highest BCUT2D eigenvalue weighted by atomic mass is 16.5. The second kappa shape index (κ2) is 67.6. The third-order valence-electron chi connectivity index (χ3n) is 16.4. The molecule has 1 amide bonds. The van der Waals surface area contributed by atoms with Crippen LogP contribution in [0.5, 0.6) is 0 Å². The van der Waals surface area contributed by atoms with Crippen LogP contribution >= 0.6 is 0 Å². The molecule has 2 unspecified atom stereocenters. The summed E-state index contributed by atoms with van der Waals surface area (Å²) in [5.74, 6) is -0.0549. The molecular weight excluding hydrogens is 959 g/mol. The van der Waals surface area contributed by atoms with Crippen molar-refractivity contribution < 1.29 is 24.5 Å². The van der Waals surface area contributed by atoms with Crippen molar-refractivity contribution in [2.24, 2.45) is 0 Å². The van der Waals surface area contributed by atoms with Crippen molar-refractivity contribution in [1.82, 2.24) is 5.32 Å². The van der Waals surface area contributed by atoms with E-state index in [1.54, 1.807) is 6.08 Å². The zero-order valence-corrected chi connectivity index (χ0v) is 52.7. The van der Waals surface area contributed by atoms with Crippen LogP contribution in [0.3, 0.4) is 0 Å². The van der Waals surface area contributed by atoms with E-state index < -0.39 is 12.1 Å². The summed E-state index contributed by atoms with van der Waals surface area (Å²) in [5.41, 5.74) is 0. The van der Waals surface area contributed by atoms with Crippen LogP contribution in [-0.4, -0.2) is 47.4 Å². The molecule has 0 rings (SSSR count). The van der Waals surface area contributed by atoms with E-state index in [9.17, 15) is 19.8 Å². The van der Waals surface area contributed by atoms with Gasteiger partial charge in [-0.1, -0.05) is 346 Å². The van der Waals surface area contributed by atoms with Crippen molar-refractivity contribution >= 4 is 11.9 Å². The fraction of sp³-hybridized carbons (Fsp3) is 0.889. The second-order valence-corrected chi connectivity index (χ2v) is 24.2. The van der Waals surface area contributed by atoms with Gasteiger partial charge in [-0.3, -0.25) is 9.59 Å². The van der Waals surface area contributed by atoms with E-state index in [0.29, 0.717) is 19.4 Å². The molecule has 0 spiro atoms. The minimum atomic E-state index is -0.848. The first kappa shape index (κ1) is 76.1. The Bertz CT molecular complexity index is 1260. The molecule has 0 heterocycles. The zero-order valence-electron chi connectivity index (χ0n) is 52.7. The number of hydrogen-bond acceptors (Lipinski definition) is 5. The Hall–Kier alpha value is -1.92. The van der Waals surface area contributed by atoms with Gasteiger partial charge in [-0.25, -0.2) is 0 Å². The van der Waals surface area contributed by atoms with E-state index in [-0.39, 0.29) is 18.5 Å². The van der Waals surface area contributed by atoms with Crippen molar-refractivity contribution in [2.75, 3.05) is 13.2 Å². The molecular formula is C72H137NO5. The molecule has 6 heteroatoms. The minimum Gasteiger partial charge on any atom is -0.466 e. The zero-order chi connectivity index (χ0) is 56.4. The quantitative estimate of drug-likeness (QED) is 0.0320. The van der Waals surface area contributed by atoms with Crippen LogP contribution in [0, 0.1) is 0 Å². The number of amides is 1. The van der Waals surface area contributed by atoms with E-state index in [2.05, 4.69) is 43.5 Å². The lowest BCUT2D eigenvalue weighted by Crippen LogP contribution is -2.45. The van der Waals surface area contributed by atoms with E-state index in [1.165, 1.54) is 315 Å². The maximum atomic E-state index is 12.5. The first-order valence-electron chi connectivity index (χ1n) is 35.3. The number of aliphatic hydroxyl groups excluding tert-OH is 2. The van der Waals surface area contributed by atoms with Gasteiger partial charge in [0.25, 0.3) is 0 Å². The van der Waals surface area contributed by atoms with Crippen LogP contribution in [0.25, 0.3) is 0 Å². The summed E-state index contributed by atoms with van der Waals surface area (Å²) < 4.78 is 5.49. The van der Waals surface area contributed by atoms with Crippen LogP contribution in [0.1, 0.15) is 386 Å². The Balaban J connectivity index is 3.44. The number of carbonyl (C=O) groups excluding carboxylic acids is 2. The third kappa shape index (κ3) is 63.3.